The van der Waals surface area contributed by atoms with Gasteiger partial charge in [-0.2, -0.15) is 0 Å². The lowest BCUT2D eigenvalue weighted by Crippen LogP contribution is -2.40. The van der Waals surface area contributed by atoms with E-state index in [-0.39, 0.29) is 12.2 Å². The molecule has 1 atom stereocenters. The molecule has 0 fully saturated rings. The van der Waals surface area contributed by atoms with Crippen molar-refractivity contribution in [2.75, 3.05) is 20.8 Å². The number of rotatable bonds is 9. The molecular weight excluding hydrogens is 598 g/mol. The van der Waals surface area contributed by atoms with E-state index in [4.69, 9.17) is 19.2 Å². The molecule has 3 heterocycles. The molecule has 0 amide bonds. The first-order chi connectivity index (χ1) is 22.3. The standard InChI is InChI=1S/C37H37N3O5S/c1-7-12-28-31(36(42)45-8-2)34(27-19-24(43-5)15-16-29(27)44-6)40-35(41)30(46-37(40)38-28)20-26-25-18-21(3)17-22(4)32(25)39-33(26)23-13-10-9-11-14-23/h9-11,13-20,34,39H,7-8,12H2,1-6H3/b30-20-/t34-/m0/s1. The van der Waals surface area contributed by atoms with Crippen molar-refractivity contribution in [2.24, 2.45) is 4.99 Å². The summed E-state index contributed by atoms with van der Waals surface area (Å²) in [7, 11) is 3.15. The molecule has 1 aliphatic heterocycles. The van der Waals surface area contributed by atoms with E-state index in [0.717, 1.165) is 45.3 Å². The summed E-state index contributed by atoms with van der Waals surface area (Å²) in [6.45, 7) is 8.16. The third kappa shape index (κ3) is 5.45. The number of esters is 1. The molecule has 3 aromatic carbocycles. The van der Waals surface area contributed by atoms with Gasteiger partial charge in [-0.15, -0.1) is 0 Å². The topological polar surface area (TPSA) is 94.9 Å². The summed E-state index contributed by atoms with van der Waals surface area (Å²) in [6, 6.07) is 19.0. The van der Waals surface area contributed by atoms with E-state index in [1.54, 1.807) is 37.8 Å². The highest BCUT2D eigenvalue weighted by Gasteiger charge is 2.36. The molecule has 9 heteroatoms. The number of nitrogens with one attached hydrogen (secondary N) is 1. The van der Waals surface area contributed by atoms with E-state index in [9.17, 15) is 9.59 Å². The lowest BCUT2D eigenvalue weighted by Gasteiger charge is -2.27. The highest BCUT2D eigenvalue weighted by molar-refractivity contribution is 7.07. The van der Waals surface area contributed by atoms with Gasteiger partial charge in [0.15, 0.2) is 4.80 Å². The molecule has 1 N–H and O–H groups in total. The monoisotopic (exact) mass is 635 g/mol. The summed E-state index contributed by atoms with van der Waals surface area (Å²) in [5.41, 5.74) is 7.45. The Morgan fingerprint density at radius 3 is 2.52 bits per heavy atom. The third-order valence-electron chi connectivity index (χ3n) is 8.25. The molecule has 236 valence electrons. The van der Waals surface area contributed by atoms with Crippen molar-refractivity contribution in [1.29, 1.82) is 0 Å². The molecule has 0 saturated heterocycles. The van der Waals surface area contributed by atoms with Crippen LogP contribution in [0.2, 0.25) is 0 Å². The maximum atomic E-state index is 14.6. The predicted molar refractivity (Wildman–Crippen MR) is 182 cm³/mol. The number of aromatic nitrogens is 2. The smallest absolute Gasteiger partial charge is 0.338 e. The lowest BCUT2D eigenvalue weighted by atomic mass is 9.93. The van der Waals surface area contributed by atoms with Crippen LogP contribution in [-0.2, 0) is 9.53 Å². The van der Waals surface area contributed by atoms with E-state index >= 15 is 0 Å². The summed E-state index contributed by atoms with van der Waals surface area (Å²) in [5.74, 6) is 0.592. The number of carbonyl (C=O) groups is 1. The molecule has 2 aromatic heterocycles. The summed E-state index contributed by atoms with van der Waals surface area (Å²) in [6.07, 6.45) is 3.26. The SMILES string of the molecule is CCCC1=C(C(=O)OCC)[C@H](c2cc(OC)ccc2OC)n2c(s/c(=C\c3c(-c4ccccc4)[nH]c4c(C)cc(C)cc34)c2=O)=N1. The first-order valence-electron chi connectivity index (χ1n) is 15.4. The fourth-order valence-corrected chi connectivity index (χ4v) is 7.26. The molecule has 8 nitrogen and oxygen atoms in total. The van der Waals surface area contributed by atoms with Gasteiger partial charge in [0.05, 0.1) is 42.3 Å². The van der Waals surface area contributed by atoms with Crippen molar-refractivity contribution in [3.63, 3.8) is 0 Å². The first-order valence-corrected chi connectivity index (χ1v) is 16.2. The van der Waals surface area contributed by atoms with E-state index < -0.39 is 12.0 Å². The van der Waals surface area contributed by atoms with Gasteiger partial charge in [0.2, 0.25) is 0 Å². The number of hydrogen-bond donors (Lipinski definition) is 1. The largest absolute Gasteiger partial charge is 0.497 e. The zero-order valence-corrected chi connectivity index (χ0v) is 27.7. The highest BCUT2D eigenvalue weighted by Crippen LogP contribution is 2.39. The number of benzene rings is 3. The molecule has 5 aromatic rings. The minimum atomic E-state index is -0.829. The summed E-state index contributed by atoms with van der Waals surface area (Å²) in [4.78, 5) is 37.4. The highest BCUT2D eigenvalue weighted by atomic mass is 32.1. The van der Waals surface area contributed by atoms with Gasteiger partial charge in [0, 0.05) is 22.0 Å². The molecule has 0 bridgehead atoms. The summed E-state index contributed by atoms with van der Waals surface area (Å²) >= 11 is 1.32. The molecule has 6 rings (SSSR count). The van der Waals surface area contributed by atoms with Crippen molar-refractivity contribution >= 4 is 34.3 Å². The van der Waals surface area contributed by atoms with Gasteiger partial charge >= 0.3 is 5.97 Å². The molecule has 0 saturated carbocycles. The van der Waals surface area contributed by atoms with E-state index in [0.29, 0.717) is 44.1 Å². The fourth-order valence-electron chi connectivity index (χ4n) is 6.25. The minimum Gasteiger partial charge on any atom is -0.497 e. The number of allylic oxidation sites excluding steroid dienone is 1. The number of H-pyrrole nitrogens is 1. The number of aryl methyl sites for hydroxylation is 2. The number of methoxy groups -OCH3 is 2. The quantitative estimate of drug-likeness (QED) is 0.190. The van der Waals surface area contributed by atoms with Gasteiger partial charge in [-0.3, -0.25) is 9.36 Å². The third-order valence-corrected chi connectivity index (χ3v) is 9.23. The zero-order chi connectivity index (χ0) is 32.5. The minimum absolute atomic E-state index is 0.190. The van der Waals surface area contributed by atoms with Crippen LogP contribution in [0.3, 0.4) is 0 Å². The molecule has 0 unspecified atom stereocenters. The van der Waals surface area contributed by atoms with Gasteiger partial charge in [-0.25, -0.2) is 9.79 Å². The van der Waals surface area contributed by atoms with Crippen LogP contribution in [0.4, 0.5) is 0 Å². The number of thiazole rings is 1. The average molecular weight is 636 g/mol. The van der Waals surface area contributed by atoms with Crippen LogP contribution in [0.1, 0.15) is 55.0 Å². The van der Waals surface area contributed by atoms with Crippen LogP contribution in [0.25, 0.3) is 28.2 Å². The number of aromatic amines is 1. The Morgan fingerprint density at radius 1 is 1.04 bits per heavy atom. The van der Waals surface area contributed by atoms with Crippen LogP contribution in [0, 0.1) is 13.8 Å². The number of carbonyl (C=O) groups excluding carboxylic acids is 1. The van der Waals surface area contributed by atoms with Crippen LogP contribution >= 0.6 is 11.3 Å². The van der Waals surface area contributed by atoms with E-state index in [2.05, 4.69) is 43.1 Å². The first kappa shape index (κ1) is 31.1. The Balaban J connectivity index is 1.68. The molecule has 46 heavy (non-hydrogen) atoms. The zero-order valence-electron chi connectivity index (χ0n) is 26.9. The van der Waals surface area contributed by atoms with Crippen molar-refractivity contribution in [1.82, 2.24) is 9.55 Å². The van der Waals surface area contributed by atoms with Crippen LogP contribution < -0.4 is 24.4 Å². The Morgan fingerprint density at radius 2 is 1.83 bits per heavy atom. The fraction of sp³-hybridized carbons (Fsp3) is 0.270. The average Bonchev–Trinajstić information content (AvgIpc) is 3.57. The number of fused-ring (bicyclic) bond motifs is 2. The Hall–Kier alpha value is -4.89. The van der Waals surface area contributed by atoms with Crippen molar-refractivity contribution in [3.05, 3.63) is 114 Å². The maximum absolute atomic E-state index is 14.6. The van der Waals surface area contributed by atoms with Gasteiger partial charge in [-0.05, 0) is 68.7 Å². The number of nitrogens with zero attached hydrogens (tertiary/aromatic N) is 2. The van der Waals surface area contributed by atoms with Crippen LogP contribution in [0.5, 0.6) is 11.5 Å². The Kier molecular flexibility index (Phi) is 8.69. The normalized spacial score (nSPS) is 14.7. The number of hydrogen-bond acceptors (Lipinski definition) is 7. The molecular formula is C37H37N3O5S. The molecule has 0 radical (unpaired) electrons. The van der Waals surface area contributed by atoms with Gasteiger partial charge < -0.3 is 19.2 Å². The lowest BCUT2D eigenvalue weighted by molar-refractivity contribution is -0.139. The molecule has 0 spiro atoms. The van der Waals surface area contributed by atoms with Crippen molar-refractivity contribution in [3.8, 4) is 22.8 Å². The van der Waals surface area contributed by atoms with Crippen molar-refractivity contribution < 1.29 is 19.0 Å². The maximum Gasteiger partial charge on any atom is 0.338 e. The van der Waals surface area contributed by atoms with E-state index in [1.165, 1.54) is 11.3 Å². The second kappa shape index (κ2) is 12.8. The Bertz CT molecular complexity index is 2170. The second-order valence-corrected chi connectivity index (χ2v) is 12.3. The molecule has 1 aliphatic rings. The van der Waals surface area contributed by atoms with Crippen LogP contribution in [-0.4, -0.2) is 36.3 Å². The number of ether oxygens (including phenoxy) is 3. The van der Waals surface area contributed by atoms with Gasteiger partial charge in [0.1, 0.15) is 17.5 Å². The summed E-state index contributed by atoms with van der Waals surface area (Å²) in [5, 5.41) is 1.03. The summed E-state index contributed by atoms with van der Waals surface area (Å²) < 4.78 is 19.0. The van der Waals surface area contributed by atoms with Gasteiger partial charge in [-0.1, -0.05) is 66.6 Å². The second-order valence-electron chi connectivity index (χ2n) is 11.3. The van der Waals surface area contributed by atoms with Crippen LogP contribution in [0.15, 0.2) is 81.7 Å². The Labute approximate surface area is 271 Å². The predicted octanol–water partition coefficient (Wildman–Crippen LogP) is 6.36. The van der Waals surface area contributed by atoms with Crippen molar-refractivity contribution in [2.45, 2.75) is 46.6 Å². The van der Waals surface area contributed by atoms with E-state index in [1.807, 2.05) is 37.3 Å². The molecule has 0 aliphatic carbocycles. The van der Waals surface area contributed by atoms with Gasteiger partial charge in [0.25, 0.3) is 5.56 Å².